The molecule has 24 heavy (non-hydrogen) atoms. The van der Waals surface area contributed by atoms with Crippen LogP contribution in [0, 0.1) is 5.82 Å². The van der Waals surface area contributed by atoms with Gasteiger partial charge in [0.25, 0.3) is 0 Å². The molecule has 7 heteroatoms. The number of hydrogen-bond donors (Lipinski definition) is 3. The molecule has 2 heterocycles. The summed E-state index contributed by atoms with van der Waals surface area (Å²) < 4.78 is 13.7. The number of hydrogen-bond acceptors (Lipinski definition) is 6. The maximum absolute atomic E-state index is 13.7. The Morgan fingerprint density at radius 2 is 1.83 bits per heavy atom. The van der Waals surface area contributed by atoms with Gasteiger partial charge in [-0.15, -0.1) is 0 Å². The number of nitrogens with one attached hydrogen (secondary N) is 2. The molecule has 1 saturated heterocycles. The van der Waals surface area contributed by atoms with Gasteiger partial charge in [-0.2, -0.15) is 0 Å². The van der Waals surface area contributed by atoms with Crippen LogP contribution in [0.1, 0.15) is 19.3 Å². The fraction of sp³-hybridized carbons (Fsp3) is 0.412. The van der Waals surface area contributed by atoms with Crippen LogP contribution in [0.5, 0.6) is 0 Å². The van der Waals surface area contributed by atoms with Crippen molar-refractivity contribution in [2.24, 2.45) is 0 Å². The van der Waals surface area contributed by atoms with Crippen LogP contribution in [0.25, 0.3) is 0 Å². The van der Waals surface area contributed by atoms with Crippen LogP contribution in [-0.2, 0) is 0 Å². The first-order valence-corrected chi connectivity index (χ1v) is 8.32. The molecule has 3 rings (SSSR count). The first kappa shape index (κ1) is 16.4. The molecule has 0 aliphatic carbocycles. The second kappa shape index (κ2) is 7.92. The van der Waals surface area contributed by atoms with Crippen LogP contribution in [0.3, 0.4) is 0 Å². The van der Waals surface area contributed by atoms with Gasteiger partial charge in [0, 0.05) is 13.1 Å². The predicted molar refractivity (Wildman–Crippen MR) is 94.9 cm³/mol. The predicted octanol–water partition coefficient (Wildman–Crippen LogP) is 2.84. The van der Waals surface area contributed by atoms with Gasteiger partial charge in [-0.3, -0.25) is 0 Å². The van der Waals surface area contributed by atoms with Crippen molar-refractivity contribution in [1.29, 1.82) is 0 Å². The highest BCUT2D eigenvalue weighted by atomic mass is 19.1. The van der Waals surface area contributed by atoms with Gasteiger partial charge < -0.3 is 21.3 Å². The fourth-order valence-electron chi connectivity index (χ4n) is 2.84. The largest absolute Gasteiger partial charge is 0.393 e. The molecule has 0 amide bonds. The number of aromatic nitrogens is 2. The van der Waals surface area contributed by atoms with Crippen LogP contribution >= 0.6 is 0 Å². The van der Waals surface area contributed by atoms with E-state index in [1.165, 1.54) is 31.7 Å². The maximum Gasteiger partial charge on any atom is 0.159 e. The van der Waals surface area contributed by atoms with Gasteiger partial charge in [0.15, 0.2) is 11.6 Å². The minimum Gasteiger partial charge on any atom is -0.393 e. The Balaban J connectivity index is 1.61. The van der Waals surface area contributed by atoms with E-state index in [0.29, 0.717) is 23.0 Å². The summed E-state index contributed by atoms with van der Waals surface area (Å²) in [5.41, 5.74) is 6.84. The molecular weight excluding hydrogens is 307 g/mol. The number of benzene rings is 1. The third-order valence-electron chi connectivity index (χ3n) is 4.18. The smallest absolute Gasteiger partial charge is 0.159 e. The minimum absolute atomic E-state index is 0.335. The zero-order valence-electron chi connectivity index (χ0n) is 13.6. The van der Waals surface area contributed by atoms with Gasteiger partial charge in [0.05, 0.1) is 5.69 Å². The summed E-state index contributed by atoms with van der Waals surface area (Å²) in [6.45, 7) is 4.03. The molecule has 1 fully saturated rings. The van der Waals surface area contributed by atoms with E-state index in [-0.39, 0.29) is 5.82 Å². The van der Waals surface area contributed by atoms with Crippen molar-refractivity contribution in [2.45, 2.75) is 19.3 Å². The van der Waals surface area contributed by atoms with Crippen LogP contribution in [0.4, 0.5) is 27.4 Å². The Morgan fingerprint density at radius 1 is 1.08 bits per heavy atom. The summed E-state index contributed by atoms with van der Waals surface area (Å²) in [6.07, 6.45) is 5.29. The summed E-state index contributed by atoms with van der Waals surface area (Å²) in [5, 5.41) is 6.17. The zero-order valence-corrected chi connectivity index (χ0v) is 13.6. The zero-order chi connectivity index (χ0) is 16.8. The SMILES string of the molecule is Nc1c(NCCN2CCCCC2)ncnc1Nc1ccccc1F. The van der Waals surface area contributed by atoms with Crippen molar-refractivity contribution in [1.82, 2.24) is 14.9 Å². The lowest BCUT2D eigenvalue weighted by atomic mass is 10.1. The van der Waals surface area contributed by atoms with Crippen molar-refractivity contribution < 1.29 is 4.39 Å². The molecule has 1 aliphatic heterocycles. The molecule has 128 valence electrons. The Kier molecular flexibility index (Phi) is 5.43. The highest BCUT2D eigenvalue weighted by molar-refractivity contribution is 5.77. The standard InChI is InChI=1S/C17H23FN6/c18-13-6-2-3-7-14(13)23-17-15(19)16(21-12-22-17)20-8-11-24-9-4-1-5-10-24/h2-3,6-7,12H,1,4-5,8-11,19H2,(H2,20,21,22,23). The number of nitrogen functional groups attached to an aromatic ring is 1. The summed E-state index contributed by atoms with van der Waals surface area (Å²) in [6, 6.07) is 6.41. The van der Waals surface area contributed by atoms with Gasteiger partial charge in [-0.1, -0.05) is 18.6 Å². The highest BCUT2D eigenvalue weighted by Crippen LogP contribution is 2.26. The number of likely N-dealkylation sites (tertiary alicyclic amines) is 1. The lowest BCUT2D eigenvalue weighted by Gasteiger charge is -2.26. The second-order valence-electron chi connectivity index (χ2n) is 5.92. The number of para-hydroxylation sites is 1. The molecule has 1 aromatic carbocycles. The Morgan fingerprint density at radius 3 is 2.62 bits per heavy atom. The van der Waals surface area contributed by atoms with E-state index >= 15 is 0 Å². The van der Waals surface area contributed by atoms with E-state index in [1.807, 2.05) is 0 Å². The van der Waals surface area contributed by atoms with Gasteiger partial charge in [0.1, 0.15) is 17.8 Å². The van der Waals surface area contributed by atoms with Gasteiger partial charge >= 0.3 is 0 Å². The average molecular weight is 330 g/mol. The summed E-state index contributed by atoms with van der Waals surface area (Å²) >= 11 is 0. The van der Waals surface area contributed by atoms with Crippen molar-refractivity contribution in [3.8, 4) is 0 Å². The van der Waals surface area contributed by atoms with Crippen molar-refractivity contribution in [3.63, 3.8) is 0 Å². The Bertz CT molecular complexity index is 672. The lowest BCUT2D eigenvalue weighted by Crippen LogP contribution is -2.33. The average Bonchev–Trinajstić information content (AvgIpc) is 2.61. The summed E-state index contributed by atoms with van der Waals surface area (Å²) in [5.74, 6) is 0.617. The number of rotatable bonds is 6. The minimum atomic E-state index is -0.352. The molecule has 1 aliphatic rings. The first-order chi connectivity index (χ1) is 11.7. The van der Waals surface area contributed by atoms with Crippen LogP contribution < -0.4 is 16.4 Å². The fourth-order valence-corrected chi connectivity index (χ4v) is 2.84. The molecule has 0 radical (unpaired) electrons. The first-order valence-electron chi connectivity index (χ1n) is 8.32. The summed E-state index contributed by atoms with van der Waals surface area (Å²) in [4.78, 5) is 10.7. The highest BCUT2D eigenvalue weighted by Gasteiger charge is 2.12. The van der Waals surface area contributed by atoms with Crippen LogP contribution in [-0.4, -0.2) is 41.0 Å². The molecule has 4 N–H and O–H groups in total. The van der Waals surface area contributed by atoms with Crippen molar-refractivity contribution >= 4 is 23.0 Å². The van der Waals surface area contributed by atoms with E-state index in [1.54, 1.807) is 18.2 Å². The van der Waals surface area contributed by atoms with Crippen molar-refractivity contribution in [3.05, 3.63) is 36.4 Å². The molecule has 0 bridgehead atoms. The number of anilines is 4. The maximum atomic E-state index is 13.7. The molecule has 6 nitrogen and oxygen atoms in total. The second-order valence-corrected chi connectivity index (χ2v) is 5.92. The number of halogens is 1. The third kappa shape index (κ3) is 4.11. The van der Waals surface area contributed by atoms with E-state index in [0.717, 1.165) is 26.2 Å². The molecule has 0 atom stereocenters. The van der Waals surface area contributed by atoms with Crippen LogP contribution in [0.2, 0.25) is 0 Å². The van der Waals surface area contributed by atoms with Crippen molar-refractivity contribution in [2.75, 3.05) is 42.5 Å². The summed E-state index contributed by atoms with van der Waals surface area (Å²) in [7, 11) is 0. The molecule has 0 saturated carbocycles. The lowest BCUT2D eigenvalue weighted by molar-refractivity contribution is 0.237. The van der Waals surface area contributed by atoms with E-state index < -0.39 is 0 Å². The van der Waals surface area contributed by atoms with Gasteiger partial charge in [-0.25, -0.2) is 14.4 Å². The number of piperidine rings is 1. The molecule has 0 spiro atoms. The van der Waals surface area contributed by atoms with Gasteiger partial charge in [-0.05, 0) is 38.1 Å². The number of nitrogens with two attached hydrogens (primary N) is 1. The van der Waals surface area contributed by atoms with Crippen LogP contribution in [0.15, 0.2) is 30.6 Å². The Hall–Kier alpha value is -2.41. The van der Waals surface area contributed by atoms with E-state index in [9.17, 15) is 4.39 Å². The molecule has 0 unspecified atom stereocenters. The van der Waals surface area contributed by atoms with Gasteiger partial charge in [0.2, 0.25) is 0 Å². The topological polar surface area (TPSA) is 79.1 Å². The molecule has 1 aromatic heterocycles. The monoisotopic (exact) mass is 330 g/mol. The quantitative estimate of drug-likeness (QED) is 0.756. The molecule has 2 aromatic rings. The molecular formula is C17H23FN6. The Labute approximate surface area is 141 Å². The third-order valence-corrected chi connectivity index (χ3v) is 4.18. The number of nitrogens with zero attached hydrogens (tertiary/aromatic N) is 3. The van der Waals surface area contributed by atoms with E-state index in [4.69, 9.17) is 5.73 Å². The van der Waals surface area contributed by atoms with E-state index in [2.05, 4.69) is 25.5 Å². The normalized spacial score (nSPS) is 15.2.